The molecule has 162 valence electrons. The zero-order valence-electron chi connectivity index (χ0n) is 16.2. The molecule has 2 aliphatic rings. The number of benzene rings is 1. The molecule has 2 amide bonds. The Morgan fingerprint density at radius 1 is 1.20 bits per heavy atom. The minimum Gasteiger partial charge on any atom is -0.340 e. The van der Waals surface area contributed by atoms with Crippen molar-refractivity contribution in [3.8, 4) is 0 Å². The van der Waals surface area contributed by atoms with Gasteiger partial charge in [-0.2, -0.15) is 16.5 Å². The summed E-state index contributed by atoms with van der Waals surface area (Å²) in [6.07, 6.45) is 1.06. The molecule has 4 rings (SSSR count). The molecule has 0 saturated carbocycles. The number of rotatable bonds is 5. The van der Waals surface area contributed by atoms with E-state index in [1.54, 1.807) is 29.2 Å². The highest BCUT2D eigenvalue weighted by Crippen LogP contribution is 2.31. The van der Waals surface area contributed by atoms with Crippen molar-refractivity contribution in [1.29, 1.82) is 0 Å². The average Bonchev–Trinajstić information content (AvgIpc) is 3.16. The minimum absolute atomic E-state index is 0.00309. The fourth-order valence-corrected chi connectivity index (χ4v) is 7.46. The Bertz CT molecular complexity index is 1070. The van der Waals surface area contributed by atoms with Crippen LogP contribution in [-0.4, -0.2) is 73.8 Å². The van der Waals surface area contributed by atoms with Gasteiger partial charge in [0.05, 0.1) is 6.54 Å². The van der Waals surface area contributed by atoms with E-state index in [1.807, 2.05) is 11.8 Å². The van der Waals surface area contributed by atoms with E-state index in [4.69, 9.17) is 11.6 Å². The van der Waals surface area contributed by atoms with Crippen molar-refractivity contribution in [2.75, 3.05) is 37.7 Å². The van der Waals surface area contributed by atoms with Gasteiger partial charge in [0, 0.05) is 40.9 Å². The van der Waals surface area contributed by atoms with Crippen molar-refractivity contribution in [2.45, 2.75) is 23.1 Å². The quantitative estimate of drug-likeness (QED) is 0.699. The molecule has 3 heterocycles. The number of nitrogens with zero attached hydrogens (tertiary/aromatic N) is 2. The molecule has 1 aromatic carbocycles. The lowest BCUT2D eigenvalue weighted by Gasteiger charge is -2.34. The van der Waals surface area contributed by atoms with Gasteiger partial charge in [-0.15, -0.1) is 11.3 Å². The number of thioether (sulfide) groups is 1. The van der Waals surface area contributed by atoms with Gasteiger partial charge >= 0.3 is 0 Å². The molecule has 7 nitrogen and oxygen atoms in total. The van der Waals surface area contributed by atoms with E-state index in [9.17, 15) is 18.0 Å². The van der Waals surface area contributed by atoms with Crippen molar-refractivity contribution in [3.63, 3.8) is 0 Å². The molecule has 30 heavy (non-hydrogen) atoms. The van der Waals surface area contributed by atoms with E-state index in [2.05, 4.69) is 4.72 Å². The number of hydrogen-bond donors (Lipinski definition) is 1. The molecule has 2 fully saturated rings. The molecular formula is C19H22ClN3O4S3. The molecule has 1 aromatic heterocycles. The van der Waals surface area contributed by atoms with Crippen LogP contribution in [0.25, 0.3) is 10.1 Å². The number of likely N-dealkylation sites (tertiary alicyclic amines) is 1. The highest BCUT2D eigenvalue weighted by molar-refractivity contribution is 7.99. The van der Waals surface area contributed by atoms with E-state index < -0.39 is 16.1 Å². The van der Waals surface area contributed by atoms with Crippen LogP contribution in [0.4, 0.5) is 0 Å². The summed E-state index contributed by atoms with van der Waals surface area (Å²) in [4.78, 5) is 28.7. The van der Waals surface area contributed by atoms with Gasteiger partial charge in [-0.05, 0) is 36.4 Å². The first-order valence-electron chi connectivity index (χ1n) is 9.69. The second-order valence-electron chi connectivity index (χ2n) is 7.32. The van der Waals surface area contributed by atoms with Gasteiger partial charge in [0.1, 0.15) is 10.3 Å². The highest BCUT2D eigenvalue weighted by Gasteiger charge is 2.34. The standard InChI is InChI=1S/C19H22ClN3O4S3/c20-14-4-3-13-10-18(29-16(13)11-14)30(26,27)21-15-2-1-5-23(19(15)25)12-17(24)22-6-8-28-9-7-22/h3-4,10-11,15,21H,1-2,5-9,12H2. The van der Waals surface area contributed by atoms with Crippen molar-refractivity contribution in [1.82, 2.24) is 14.5 Å². The fraction of sp³-hybridized carbons (Fsp3) is 0.474. The molecule has 0 bridgehead atoms. The number of fused-ring (bicyclic) bond motifs is 1. The second-order valence-corrected chi connectivity index (χ2v) is 12.0. The molecule has 11 heteroatoms. The van der Waals surface area contributed by atoms with E-state index >= 15 is 0 Å². The Labute approximate surface area is 188 Å². The number of carbonyl (C=O) groups excluding carboxylic acids is 2. The van der Waals surface area contributed by atoms with Crippen LogP contribution in [0.2, 0.25) is 5.02 Å². The predicted octanol–water partition coefficient (Wildman–Crippen LogP) is 2.40. The maximum atomic E-state index is 12.9. The first-order chi connectivity index (χ1) is 14.3. The summed E-state index contributed by atoms with van der Waals surface area (Å²) in [7, 11) is -3.86. The zero-order chi connectivity index (χ0) is 21.3. The SMILES string of the molecule is O=C(CN1CCCC(NS(=O)(=O)c2cc3ccc(Cl)cc3s2)C1=O)N1CCSCC1. The third-order valence-electron chi connectivity index (χ3n) is 5.24. The molecule has 0 radical (unpaired) electrons. The molecule has 0 aliphatic carbocycles. The van der Waals surface area contributed by atoms with Gasteiger partial charge in [0.25, 0.3) is 10.0 Å². The molecule has 0 spiro atoms. The lowest BCUT2D eigenvalue weighted by Crippen LogP contribution is -2.55. The molecule has 2 aromatic rings. The third-order valence-corrected chi connectivity index (χ3v) is 9.46. The van der Waals surface area contributed by atoms with Crippen molar-refractivity contribution in [2.24, 2.45) is 0 Å². The summed E-state index contributed by atoms with van der Waals surface area (Å²) in [5.74, 6) is 1.40. The van der Waals surface area contributed by atoms with Crippen LogP contribution in [0.15, 0.2) is 28.5 Å². The maximum Gasteiger partial charge on any atom is 0.250 e. The molecule has 1 unspecified atom stereocenters. The van der Waals surface area contributed by atoms with Crippen molar-refractivity contribution >= 4 is 66.6 Å². The Morgan fingerprint density at radius 3 is 2.73 bits per heavy atom. The number of carbonyl (C=O) groups is 2. The van der Waals surface area contributed by atoms with Gasteiger partial charge in [0.15, 0.2) is 0 Å². The zero-order valence-corrected chi connectivity index (χ0v) is 19.4. The summed E-state index contributed by atoms with van der Waals surface area (Å²) in [6.45, 7) is 1.85. The second kappa shape index (κ2) is 9.04. The number of hydrogen-bond acceptors (Lipinski definition) is 6. The van der Waals surface area contributed by atoms with Crippen LogP contribution in [0, 0.1) is 0 Å². The summed E-state index contributed by atoms with van der Waals surface area (Å²) >= 11 is 8.92. The number of nitrogens with one attached hydrogen (secondary N) is 1. The van der Waals surface area contributed by atoms with Crippen molar-refractivity contribution < 1.29 is 18.0 Å². The molecular weight excluding hydrogens is 466 g/mol. The molecule has 2 saturated heterocycles. The van der Waals surface area contributed by atoms with Crippen LogP contribution >= 0.6 is 34.7 Å². The monoisotopic (exact) mass is 487 g/mol. The van der Waals surface area contributed by atoms with E-state index in [0.29, 0.717) is 37.5 Å². The number of halogens is 1. The van der Waals surface area contributed by atoms with Crippen LogP contribution in [0.5, 0.6) is 0 Å². The van der Waals surface area contributed by atoms with Gasteiger partial charge in [-0.3, -0.25) is 9.59 Å². The molecule has 1 atom stereocenters. The summed E-state index contributed by atoms with van der Waals surface area (Å²) in [6, 6.07) is 5.93. The lowest BCUT2D eigenvalue weighted by atomic mass is 10.1. The predicted molar refractivity (Wildman–Crippen MR) is 121 cm³/mol. The molecule has 1 N–H and O–H groups in total. The van der Waals surface area contributed by atoms with Gasteiger partial charge in [-0.1, -0.05) is 17.7 Å². The Kier molecular flexibility index (Phi) is 6.59. The summed E-state index contributed by atoms with van der Waals surface area (Å²) < 4.78 is 29.3. The smallest absolute Gasteiger partial charge is 0.250 e. The van der Waals surface area contributed by atoms with Gasteiger partial charge < -0.3 is 9.80 Å². The largest absolute Gasteiger partial charge is 0.340 e. The number of thiophene rings is 1. The first-order valence-corrected chi connectivity index (χ1v) is 13.5. The van der Waals surface area contributed by atoms with E-state index in [0.717, 1.165) is 32.9 Å². The summed E-state index contributed by atoms with van der Waals surface area (Å²) in [5.41, 5.74) is 0. The van der Waals surface area contributed by atoms with Crippen LogP contribution in [0.3, 0.4) is 0 Å². The van der Waals surface area contributed by atoms with Crippen LogP contribution in [0.1, 0.15) is 12.8 Å². The number of amides is 2. The molecule has 2 aliphatic heterocycles. The Hall–Kier alpha value is -1.33. The normalized spacial score (nSPS) is 20.7. The Balaban J connectivity index is 1.45. The first kappa shape index (κ1) is 21.9. The van der Waals surface area contributed by atoms with Gasteiger partial charge in [-0.25, -0.2) is 8.42 Å². The van der Waals surface area contributed by atoms with Gasteiger partial charge in [0.2, 0.25) is 11.8 Å². The van der Waals surface area contributed by atoms with Crippen LogP contribution in [-0.2, 0) is 19.6 Å². The Morgan fingerprint density at radius 2 is 1.97 bits per heavy atom. The van der Waals surface area contributed by atoms with Crippen LogP contribution < -0.4 is 4.72 Å². The van der Waals surface area contributed by atoms with E-state index in [1.165, 1.54) is 4.90 Å². The highest BCUT2D eigenvalue weighted by atomic mass is 35.5. The fourth-order valence-electron chi connectivity index (χ4n) is 3.64. The number of piperidine rings is 1. The minimum atomic E-state index is -3.86. The topological polar surface area (TPSA) is 86.8 Å². The number of sulfonamides is 1. The lowest BCUT2D eigenvalue weighted by molar-refractivity contribution is -0.143. The van der Waals surface area contributed by atoms with E-state index in [-0.39, 0.29) is 22.6 Å². The third kappa shape index (κ3) is 4.77. The average molecular weight is 488 g/mol. The maximum absolute atomic E-state index is 12.9. The van der Waals surface area contributed by atoms with Crippen molar-refractivity contribution in [3.05, 3.63) is 29.3 Å². The summed E-state index contributed by atoms with van der Waals surface area (Å²) in [5, 5.41) is 1.32.